The molecule has 1 aromatic carbocycles. The maximum absolute atomic E-state index is 12.3. The molecule has 4 nitrogen and oxygen atoms in total. The lowest BCUT2D eigenvalue weighted by Gasteiger charge is -2.07. The minimum Gasteiger partial charge on any atom is -0.346 e. The summed E-state index contributed by atoms with van der Waals surface area (Å²) in [6, 6.07) is 13.2. The second kappa shape index (κ2) is 5.48. The first-order chi connectivity index (χ1) is 9.84. The zero-order valence-electron chi connectivity index (χ0n) is 10.8. The Labute approximate surface area is 116 Å². The number of nitrogens with one attached hydrogen (secondary N) is 1. The molecule has 2 aromatic heterocycles. The molecule has 0 spiro atoms. The predicted octanol–water partition coefficient (Wildman–Crippen LogP) is 2.56. The Balaban J connectivity index is 1.82. The minimum atomic E-state index is -0.116. The third kappa shape index (κ3) is 2.49. The van der Waals surface area contributed by atoms with Crippen LogP contribution in [0.2, 0.25) is 0 Å². The van der Waals surface area contributed by atoms with Crippen LogP contribution in [0, 0.1) is 0 Å². The molecule has 20 heavy (non-hydrogen) atoms. The number of amides is 1. The van der Waals surface area contributed by atoms with Crippen molar-refractivity contribution in [2.24, 2.45) is 0 Å². The molecule has 3 aromatic rings. The van der Waals surface area contributed by atoms with Gasteiger partial charge in [0.1, 0.15) is 0 Å². The Morgan fingerprint density at radius 2 is 2.00 bits per heavy atom. The predicted molar refractivity (Wildman–Crippen MR) is 77.2 cm³/mol. The standard InChI is InChI=1S/C16H13N3O/c20-16(19-10-13-5-1-2-8-18-13)14-6-3-4-12-7-9-17-11-15(12)14/h1-9,11H,10H2,(H,19,20). The number of nitrogens with zero attached hydrogens (tertiary/aromatic N) is 2. The highest BCUT2D eigenvalue weighted by Gasteiger charge is 2.09. The minimum absolute atomic E-state index is 0.116. The lowest BCUT2D eigenvalue weighted by atomic mass is 10.1. The van der Waals surface area contributed by atoms with Gasteiger partial charge in [0.2, 0.25) is 0 Å². The molecule has 0 unspecified atom stereocenters. The van der Waals surface area contributed by atoms with E-state index in [-0.39, 0.29) is 5.91 Å². The fraction of sp³-hybridized carbons (Fsp3) is 0.0625. The summed E-state index contributed by atoms with van der Waals surface area (Å²) in [7, 11) is 0. The van der Waals surface area contributed by atoms with Crippen molar-refractivity contribution in [3.63, 3.8) is 0 Å². The largest absolute Gasteiger partial charge is 0.346 e. The van der Waals surface area contributed by atoms with Crippen LogP contribution >= 0.6 is 0 Å². The van der Waals surface area contributed by atoms with Gasteiger partial charge in [0.25, 0.3) is 5.91 Å². The van der Waals surface area contributed by atoms with Gasteiger partial charge in [0.05, 0.1) is 12.2 Å². The molecule has 0 aliphatic rings. The molecule has 0 aliphatic carbocycles. The van der Waals surface area contributed by atoms with Crippen molar-refractivity contribution in [1.82, 2.24) is 15.3 Å². The number of hydrogen-bond donors (Lipinski definition) is 1. The Bertz CT molecular complexity index is 736. The molecule has 3 rings (SSSR count). The van der Waals surface area contributed by atoms with Crippen molar-refractivity contribution < 1.29 is 4.79 Å². The Morgan fingerprint density at radius 3 is 2.85 bits per heavy atom. The van der Waals surface area contributed by atoms with E-state index in [1.807, 2.05) is 36.4 Å². The average molecular weight is 263 g/mol. The number of fused-ring (bicyclic) bond motifs is 1. The first kappa shape index (κ1) is 12.3. The number of carbonyl (C=O) groups excluding carboxylic acids is 1. The summed E-state index contributed by atoms with van der Waals surface area (Å²) in [5.41, 5.74) is 1.46. The van der Waals surface area contributed by atoms with Gasteiger partial charge >= 0.3 is 0 Å². The van der Waals surface area contributed by atoms with Gasteiger partial charge in [-0.05, 0) is 29.7 Å². The van der Waals surface area contributed by atoms with Crippen LogP contribution in [0.1, 0.15) is 16.1 Å². The number of hydrogen-bond acceptors (Lipinski definition) is 3. The zero-order chi connectivity index (χ0) is 13.8. The van der Waals surface area contributed by atoms with Crippen LogP contribution in [0.15, 0.2) is 61.1 Å². The highest BCUT2D eigenvalue weighted by Crippen LogP contribution is 2.17. The van der Waals surface area contributed by atoms with Gasteiger partial charge in [-0.2, -0.15) is 0 Å². The van der Waals surface area contributed by atoms with Crippen LogP contribution in [0.4, 0.5) is 0 Å². The number of benzene rings is 1. The maximum Gasteiger partial charge on any atom is 0.252 e. The van der Waals surface area contributed by atoms with E-state index < -0.39 is 0 Å². The second-order valence-corrected chi connectivity index (χ2v) is 4.41. The van der Waals surface area contributed by atoms with Gasteiger partial charge in [0, 0.05) is 29.5 Å². The third-order valence-electron chi connectivity index (χ3n) is 3.08. The monoisotopic (exact) mass is 263 g/mol. The summed E-state index contributed by atoms with van der Waals surface area (Å²) in [4.78, 5) is 20.5. The van der Waals surface area contributed by atoms with E-state index >= 15 is 0 Å². The SMILES string of the molecule is O=C(NCc1ccccn1)c1cccc2ccncc12. The Hall–Kier alpha value is -2.75. The van der Waals surface area contributed by atoms with Crippen LogP contribution < -0.4 is 5.32 Å². The van der Waals surface area contributed by atoms with Crippen molar-refractivity contribution >= 4 is 16.7 Å². The molecular formula is C16H13N3O. The zero-order valence-corrected chi connectivity index (χ0v) is 10.8. The molecule has 0 bridgehead atoms. The molecule has 1 amide bonds. The summed E-state index contributed by atoms with van der Waals surface area (Å²) in [5, 5.41) is 4.74. The Morgan fingerprint density at radius 1 is 1.05 bits per heavy atom. The number of rotatable bonds is 3. The van der Waals surface area contributed by atoms with Gasteiger partial charge in [-0.25, -0.2) is 0 Å². The van der Waals surface area contributed by atoms with Crippen molar-refractivity contribution in [3.05, 3.63) is 72.3 Å². The summed E-state index contributed by atoms with van der Waals surface area (Å²) < 4.78 is 0. The van der Waals surface area contributed by atoms with Crippen molar-refractivity contribution in [3.8, 4) is 0 Å². The maximum atomic E-state index is 12.3. The second-order valence-electron chi connectivity index (χ2n) is 4.41. The van der Waals surface area contributed by atoms with E-state index in [2.05, 4.69) is 15.3 Å². The van der Waals surface area contributed by atoms with Crippen molar-refractivity contribution in [2.75, 3.05) is 0 Å². The first-order valence-corrected chi connectivity index (χ1v) is 6.35. The summed E-state index contributed by atoms with van der Waals surface area (Å²) in [6.45, 7) is 0.413. The molecule has 0 atom stereocenters. The van der Waals surface area contributed by atoms with E-state index in [1.54, 1.807) is 24.7 Å². The highest BCUT2D eigenvalue weighted by molar-refractivity contribution is 6.06. The van der Waals surface area contributed by atoms with E-state index in [0.717, 1.165) is 16.5 Å². The molecule has 98 valence electrons. The molecule has 2 heterocycles. The fourth-order valence-corrected chi connectivity index (χ4v) is 2.08. The van der Waals surface area contributed by atoms with Crippen LogP contribution in [0.5, 0.6) is 0 Å². The quantitative estimate of drug-likeness (QED) is 0.790. The lowest BCUT2D eigenvalue weighted by molar-refractivity contribution is 0.0952. The van der Waals surface area contributed by atoms with Gasteiger partial charge in [0.15, 0.2) is 0 Å². The van der Waals surface area contributed by atoms with Gasteiger partial charge in [-0.1, -0.05) is 18.2 Å². The van der Waals surface area contributed by atoms with E-state index in [4.69, 9.17) is 0 Å². The van der Waals surface area contributed by atoms with E-state index in [0.29, 0.717) is 12.1 Å². The van der Waals surface area contributed by atoms with Gasteiger partial charge in [-0.3, -0.25) is 14.8 Å². The van der Waals surface area contributed by atoms with Crippen molar-refractivity contribution in [2.45, 2.75) is 6.54 Å². The van der Waals surface area contributed by atoms with Gasteiger partial charge in [-0.15, -0.1) is 0 Å². The first-order valence-electron chi connectivity index (χ1n) is 6.35. The fourth-order valence-electron chi connectivity index (χ4n) is 2.08. The summed E-state index contributed by atoms with van der Waals surface area (Å²) in [6.07, 6.45) is 5.15. The Kier molecular flexibility index (Phi) is 3.37. The van der Waals surface area contributed by atoms with E-state index in [9.17, 15) is 4.79 Å². The smallest absolute Gasteiger partial charge is 0.252 e. The van der Waals surface area contributed by atoms with Crippen LogP contribution in [-0.4, -0.2) is 15.9 Å². The molecule has 1 N–H and O–H groups in total. The normalized spacial score (nSPS) is 10.4. The van der Waals surface area contributed by atoms with E-state index in [1.165, 1.54) is 0 Å². The summed E-state index contributed by atoms with van der Waals surface area (Å²) in [5.74, 6) is -0.116. The van der Waals surface area contributed by atoms with Crippen LogP contribution in [-0.2, 0) is 6.54 Å². The molecule has 0 radical (unpaired) electrons. The molecular weight excluding hydrogens is 250 g/mol. The molecule has 0 saturated carbocycles. The van der Waals surface area contributed by atoms with Crippen LogP contribution in [0.25, 0.3) is 10.8 Å². The molecule has 0 aliphatic heterocycles. The molecule has 0 saturated heterocycles. The number of carbonyl (C=O) groups is 1. The lowest BCUT2D eigenvalue weighted by Crippen LogP contribution is -2.23. The van der Waals surface area contributed by atoms with Gasteiger partial charge < -0.3 is 5.32 Å². The third-order valence-corrected chi connectivity index (χ3v) is 3.08. The highest BCUT2D eigenvalue weighted by atomic mass is 16.1. The number of aromatic nitrogens is 2. The average Bonchev–Trinajstić information content (AvgIpc) is 2.53. The summed E-state index contributed by atoms with van der Waals surface area (Å²) >= 11 is 0. The van der Waals surface area contributed by atoms with Crippen LogP contribution in [0.3, 0.4) is 0 Å². The topological polar surface area (TPSA) is 54.9 Å². The van der Waals surface area contributed by atoms with Crippen molar-refractivity contribution in [1.29, 1.82) is 0 Å². The molecule has 4 heteroatoms. The molecule has 0 fully saturated rings. The number of pyridine rings is 2.